The highest BCUT2D eigenvalue weighted by molar-refractivity contribution is 5.68. The van der Waals surface area contributed by atoms with Gasteiger partial charge in [0.1, 0.15) is 0 Å². The predicted octanol–water partition coefficient (Wildman–Crippen LogP) is 3.76. The molecule has 0 radical (unpaired) electrons. The average Bonchev–Trinajstić information content (AvgIpc) is 2.21. The summed E-state index contributed by atoms with van der Waals surface area (Å²) in [6.45, 7) is 3.21. The zero-order valence-corrected chi connectivity index (χ0v) is 9.56. The van der Waals surface area contributed by atoms with E-state index < -0.39 is 0 Å². The number of unbranched alkanes of at least 4 members (excludes halogenated alkanes) is 5. The van der Waals surface area contributed by atoms with Gasteiger partial charge in [0.15, 0.2) is 0 Å². The van der Waals surface area contributed by atoms with Crippen LogP contribution in [0, 0.1) is 0 Å². The fourth-order valence-electron chi connectivity index (χ4n) is 1.40. The zero-order chi connectivity index (χ0) is 11.5. The second-order valence-corrected chi connectivity index (χ2v) is 3.71. The Morgan fingerprint density at radius 2 is 1.53 bits per heavy atom. The third-order valence-corrected chi connectivity index (χ3v) is 2.31. The van der Waals surface area contributed by atoms with Crippen molar-refractivity contribution in [1.82, 2.24) is 0 Å². The van der Waals surface area contributed by atoms with Gasteiger partial charge in [0, 0.05) is 6.42 Å². The molecule has 0 N–H and O–H groups in total. The van der Waals surface area contributed by atoms with E-state index in [4.69, 9.17) is 0 Å². The molecule has 0 atom stereocenters. The summed E-state index contributed by atoms with van der Waals surface area (Å²) in [7, 11) is 1.41. The lowest BCUT2D eigenvalue weighted by Crippen LogP contribution is -1.99. The van der Waals surface area contributed by atoms with Gasteiger partial charge in [-0.05, 0) is 19.3 Å². The Balaban J connectivity index is 3.05. The van der Waals surface area contributed by atoms with Gasteiger partial charge in [0.2, 0.25) is 0 Å². The highest BCUT2D eigenvalue weighted by atomic mass is 19.1. The molecule has 2 nitrogen and oxygen atoms in total. The van der Waals surface area contributed by atoms with Gasteiger partial charge in [0.25, 0.3) is 0 Å². The summed E-state index contributed by atoms with van der Waals surface area (Å²) in [4.78, 5) is 10.7. The van der Waals surface area contributed by atoms with Gasteiger partial charge in [-0.3, -0.25) is 4.79 Å². The predicted molar refractivity (Wildman–Crippen MR) is 59.2 cm³/mol. The van der Waals surface area contributed by atoms with Gasteiger partial charge >= 0.3 is 5.97 Å². The van der Waals surface area contributed by atoms with Crippen molar-refractivity contribution in [2.24, 2.45) is 0 Å². The molecule has 0 saturated carbocycles. The van der Waals surface area contributed by atoms with Crippen LogP contribution >= 0.6 is 0 Å². The number of hydrogen-bond donors (Lipinski definition) is 0. The van der Waals surface area contributed by atoms with Crippen molar-refractivity contribution in [2.75, 3.05) is 7.11 Å². The minimum absolute atomic E-state index is 0.135. The Labute approximate surface area is 91.5 Å². The first-order valence-corrected chi connectivity index (χ1v) is 5.57. The van der Waals surface area contributed by atoms with Crippen LogP contribution in [-0.4, -0.2) is 13.1 Å². The van der Waals surface area contributed by atoms with E-state index in [-0.39, 0.29) is 11.8 Å². The van der Waals surface area contributed by atoms with Crippen LogP contribution in [0.5, 0.6) is 0 Å². The molecule has 0 aromatic heterocycles. The maximum atomic E-state index is 12.2. The molecule has 0 aliphatic rings. The largest absolute Gasteiger partial charge is 0.469 e. The van der Waals surface area contributed by atoms with Crippen molar-refractivity contribution >= 4 is 5.97 Å². The van der Waals surface area contributed by atoms with E-state index in [1.54, 1.807) is 0 Å². The van der Waals surface area contributed by atoms with E-state index in [0.29, 0.717) is 12.8 Å². The highest BCUT2D eigenvalue weighted by Crippen LogP contribution is 2.11. The van der Waals surface area contributed by atoms with E-state index in [9.17, 15) is 9.18 Å². The molecule has 0 aromatic rings. The van der Waals surface area contributed by atoms with Gasteiger partial charge in [-0.1, -0.05) is 32.3 Å². The summed E-state index contributed by atoms with van der Waals surface area (Å²) in [5.74, 6) is -0.357. The van der Waals surface area contributed by atoms with Gasteiger partial charge in [-0.25, -0.2) is 4.39 Å². The third-order valence-electron chi connectivity index (χ3n) is 2.31. The minimum atomic E-state index is -0.222. The molecule has 0 fully saturated rings. The molecule has 0 aromatic carbocycles. The summed E-state index contributed by atoms with van der Waals surface area (Å²) >= 11 is 0. The van der Waals surface area contributed by atoms with Crippen LogP contribution in [0.1, 0.15) is 51.4 Å². The molecule has 0 aliphatic carbocycles. The Kier molecular flexibility index (Phi) is 9.13. The first-order chi connectivity index (χ1) is 7.16. The molecule has 0 rings (SSSR count). The lowest BCUT2D eigenvalue weighted by Gasteiger charge is -2.01. The molecular formula is C12H21FO2. The lowest BCUT2D eigenvalue weighted by atomic mass is 10.1. The van der Waals surface area contributed by atoms with Crippen molar-refractivity contribution in [3.05, 3.63) is 12.4 Å². The van der Waals surface area contributed by atoms with Gasteiger partial charge in [-0.2, -0.15) is 0 Å². The molecule has 0 aliphatic heterocycles. The summed E-state index contributed by atoms with van der Waals surface area (Å²) in [6.07, 6.45) is 7.08. The van der Waals surface area contributed by atoms with Crippen LogP contribution in [-0.2, 0) is 9.53 Å². The molecule has 0 unspecified atom stereocenters. The number of carbonyl (C=O) groups is 1. The van der Waals surface area contributed by atoms with E-state index in [0.717, 1.165) is 38.5 Å². The number of esters is 1. The number of carbonyl (C=O) groups excluding carboxylic acids is 1. The first-order valence-electron chi connectivity index (χ1n) is 5.57. The Morgan fingerprint density at radius 1 is 1.07 bits per heavy atom. The van der Waals surface area contributed by atoms with Crippen LogP contribution in [0.4, 0.5) is 4.39 Å². The van der Waals surface area contributed by atoms with Crippen molar-refractivity contribution in [3.63, 3.8) is 0 Å². The second kappa shape index (κ2) is 9.69. The number of methoxy groups -OCH3 is 1. The first kappa shape index (κ1) is 14.1. The Bertz CT molecular complexity index is 190. The summed E-state index contributed by atoms with van der Waals surface area (Å²) in [5, 5.41) is 0. The molecule has 3 heteroatoms. The molecule has 0 spiro atoms. The summed E-state index contributed by atoms with van der Waals surface area (Å²) in [5.41, 5.74) is 0. The van der Waals surface area contributed by atoms with Crippen molar-refractivity contribution < 1.29 is 13.9 Å². The standard InChI is InChI=1S/C12H21FO2/c1-11(13)9-7-5-3-4-6-8-10-12(14)15-2/h1,3-10H2,2H3. The van der Waals surface area contributed by atoms with Crippen molar-refractivity contribution in [3.8, 4) is 0 Å². The summed E-state index contributed by atoms with van der Waals surface area (Å²) < 4.78 is 16.7. The maximum absolute atomic E-state index is 12.2. The number of hydrogen-bond acceptors (Lipinski definition) is 2. The normalized spacial score (nSPS) is 10.0. The quantitative estimate of drug-likeness (QED) is 0.433. The van der Waals surface area contributed by atoms with Gasteiger partial charge < -0.3 is 4.74 Å². The highest BCUT2D eigenvalue weighted by Gasteiger charge is 1.99. The van der Waals surface area contributed by atoms with Crippen molar-refractivity contribution in [2.45, 2.75) is 51.4 Å². The Hall–Kier alpha value is -0.860. The van der Waals surface area contributed by atoms with E-state index in [2.05, 4.69) is 11.3 Å². The zero-order valence-electron chi connectivity index (χ0n) is 9.56. The number of ether oxygens (including phenoxy) is 1. The van der Waals surface area contributed by atoms with Gasteiger partial charge in [-0.15, -0.1) is 0 Å². The van der Waals surface area contributed by atoms with Crippen LogP contribution in [0.15, 0.2) is 12.4 Å². The van der Waals surface area contributed by atoms with Crippen LogP contribution < -0.4 is 0 Å². The second-order valence-electron chi connectivity index (χ2n) is 3.71. The molecule has 15 heavy (non-hydrogen) atoms. The molecule has 0 saturated heterocycles. The SMILES string of the molecule is C=C(F)CCCCCCCCC(=O)OC. The minimum Gasteiger partial charge on any atom is -0.469 e. The number of rotatable bonds is 9. The number of halogens is 1. The third kappa shape index (κ3) is 11.1. The molecule has 0 bridgehead atoms. The van der Waals surface area contributed by atoms with Crippen molar-refractivity contribution in [1.29, 1.82) is 0 Å². The van der Waals surface area contributed by atoms with Crippen LogP contribution in [0.2, 0.25) is 0 Å². The van der Waals surface area contributed by atoms with E-state index >= 15 is 0 Å². The van der Waals surface area contributed by atoms with Gasteiger partial charge in [0.05, 0.1) is 12.9 Å². The topological polar surface area (TPSA) is 26.3 Å². The fraction of sp³-hybridized carbons (Fsp3) is 0.750. The summed E-state index contributed by atoms with van der Waals surface area (Å²) in [6, 6.07) is 0. The van der Waals surface area contributed by atoms with Crippen LogP contribution in [0.25, 0.3) is 0 Å². The van der Waals surface area contributed by atoms with Crippen LogP contribution in [0.3, 0.4) is 0 Å². The fourth-order valence-corrected chi connectivity index (χ4v) is 1.40. The monoisotopic (exact) mass is 216 g/mol. The average molecular weight is 216 g/mol. The molecular weight excluding hydrogens is 195 g/mol. The smallest absolute Gasteiger partial charge is 0.305 e. The maximum Gasteiger partial charge on any atom is 0.305 e. The van der Waals surface area contributed by atoms with E-state index in [1.165, 1.54) is 7.11 Å². The Morgan fingerprint density at radius 3 is 2.00 bits per heavy atom. The lowest BCUT2D eigenvalue weighted by molar-refractivity contribution is -0.140. The molecule has 0 amide bonds. The molecule has 0 heterocycles. The van der Waals surface area contributed by atoms with E-state index in [1.807, 2.05) is 0 Å². The number of allylic oxidation sites excluding steroid dienone is 1. The molecule has 88 valence electrons.